The monoisotopic (exact) mass is 313 g/mol. The Kier molecular flexibility index (Phi) is 3.66. The lowest BCUT2D eigenvalue weighted by atomic mass is 9.95. The molecular formula is C22H19NO. The van der Waals surface area contributed by atoms with Gasteiger partial charge in [-0.2, -0.15) is 0 Å². The Morgan fingerprint density at radius 1 is 0.792 bits per heavy atom. The van der Waals surface area contributed by atoms with E-state index in [4.69, 9.17) is 4.74 Å². The minimum atomic E-state index is 0.123. The van der Waals surface area contributed by atoms with Crippen LogP contribution in [0.25, 0.3) is 32.8 Å². The minimum Gasteiger partial charge on any atom is -0.490 e. The van der Waals surface area contributed by atoms with E-state index in [-0.39, 0.29) is 6.10 Å². The first-order chi connectivity index (χ1) is 11.7. The predicted octanol–water partition coefficient (Wildman–Crippen LogP) is 5.84. The summed E-state index contributed by atoms with van der Waals surface area (Å²) < 4.78 is 6.14. The molecule has 0 bridgehead atoms. The van der Waals surface area contributed by atoms with E-state index in [1.165, 1.54) is 10.8 Å². The molecule has 2 nitrogen and oxygen atoms in total. The third kappa shape index (κ3) is 2.50. The number of aromatic nitrogens is 1. The molecule has 2 heteroatoms. The molecule has 0 unspecified atom stereocenters. The summed E-state index contributed by atoms with van der Waals surface area (Å²) in [6.07, 6.45) is 2.00. The molecule has 1 aromatic heterocycles. The van der Waals surface area contributed by atoms with Gasteiger partial charge in [-0.05, 0) is 48.4 Å². The molecule has 0 atom stereocenters. The molecule has 0 radical (unpaired) electrons. The fourth-order valence-corrected chi connectivity index (χ4v) is 3.20. The number of nitrogens with zero attached hydrogens (tertiary/aromatic N) is 1. The van der Waals surface area contributed by atoms with Gasteiger partial charge in [-0.3, -0.25) is 4.98 Å². The topological polar surface area (TPSA) is 22.1 Å². The summed E-state index contributed by atoms with van der Waals surface area (Å²) in [6.45, 7) is 4.12. The maximum absolute atomic E-state index is 6.14. The van der Waals surface area contributed by atoms with Gasteiger partial charge >= 0.3 is 0 Å². The first-order valence-corrected chi connectivity index (χ1v) is 8.26. The summed E-state index contributed by atoms with van der Waals surface area (Å²) in [7, 11) is 0. The van der Waals surface area contributed by atoms with Crippen LogP contribution >= 0.6 is 0 Å². The molecule has 0 N–H and O–H groups in total. The molecule has 0 aliphatic rings. The first-order valence-electron chi connectivity index (χ1n) is 8.26. The lowest BCUT2D eigenvalue weighted by molar-refractivity contribution is 0.244. The van der Waals surface area contributed by atoms with Crippen LogP contribution in [0.5, 0.6) is 5.75 Å². The summed E-state index contributed by atoms with van der Waals surface area (Å²) in [5, 5.41) is 3.56. The van der Waals surface area contributed by atoms with Gasteiger partial charge in [0.2, 0.25) is 0 Å². The zero-order valence-corrected chi connectivity index (χ0v) is 13.9. The highest BCUT2D eigenvalue weighted by Crippen LogP contribution is 2.40. The summed E-state index contributed by atoms with van der Waals surface area (Å²) in [5.41, 5.74) is 3.30. The number of para-hydroxylation sites is 1. The average molecular weight is 313 g/mol. The van der Waals surface area contributed by atoms with Gasteiger partial charge < -0.3 is 4.74 Å². The molecular weight excluding hydrogens is 294 g/mol. The van der Waals surface area contributed by atoms with E-state index in [0.29, 0.717) is 0 Å². The largest absolute Gasteiger partial charge is 0.490 e. The van der Waals surface area contributed by atoms with Crippen LogP contribution < -0.4 is 4.74 Å². The van der Waals surface area contributed by atoms with Gasteiger partial charge in [0.05, 0.1) is 11.6 Å². The van der Waals surface area contributed by atoms with Gasteiger partial charge in [0.1, 0.15) is 5.75 Å². The second kappa shape index (κ2) is 5.97. The fraction of sp³-hybridized carbons (Fsp3) is 0.136. The molecule has 0 saturated heterocycles. The molecule has 4 aromatic rings. The molecule has 0 aliphatic heterocycles. The van der Waals surface area contributed by atoms with Crippen LogP contribution in [-0.4, -0.2) is 11.1 Å². The summed E-state index contributed by atoms with van der Waals surface area (Å²) in [6, 6.07) is 23.0. The van der Waals surface area contributed by atoms with Crippen molar-refractivity contribution < 1.29 is 4.74 Å². The average Bonchev–Trinajstić information content (AvgIpc) is 2.61. The number of fused-ring (bicyclic) bond motifs is 2. The van der Waals surface area contributed by atoms with E-state index in [1.807, 2.05) is 18.3 Å². The first kappa shape index (κ1) is 14.7. The predicted molar refractivity (Wildman–Crippen MR) is 100 cm³/mol. The minimum absolute atomic E-state index is 0.123. The molecule has 24 heavy (non-hydrogen) atoms. The lowest BCUT2D eigenvalue weighted by Gasteiger charge is -2.18. The van der Waals surface area contributed by atoms with Crippen molar-refractivity contribution >= 4 is 21.7 Å². The third-order valence-corrected chi connectivity index (χ3v) is 4.17. The van der Waals surface area contributed by atoms with Crippen LogP contribution in [0, 0.1) is 0 Å². The number of rotatable bonds is 3. The standard InChI is InChI=1S/C22H19NO/c1-15(2)24-21-12-11-16-7-3-4-8-17(16)22(21)19-13-14-23-20-10-6-5-9-18(19)20/h3-15H,1-2H3. The zero-order valence-electron chi connectivity index (χ0n) is 13.9. The number of benzene rings is 3. The number of hydrogen-bond acceptors (Lipinski definition) is 2. The van der Waals surface area contributed by atoms with Crippen LogP contribution in [-0.2, 0) is 0 Å². The Balaban J connectivity index is 2.10. The highest BCUT2D eigenvalue weighted by molar-refractivity contribution is 6.06. The van der Waals surface area contributed by atoms with Crippen LogP contribution in [0.2, 0.25) is 0 Å². The molecule has 3 aromatic carbocycles. The number of hydrogen-bond donors (Lipinski definition) is 0. The van der Waals surface area contributed by atoms with Gasteiger partial charge in [-0.25, -0.2) is 0 Å². The Hall–Kier alpha value is -2.87. The SMILES string of the molecule is CC(C)Oc1ccc2ccccc2c1-c1ccnc2ccccc12. The Morgan fingerprint density at radius 2 is 1.54 bits per heavy atom. The lowest BCUT2D eigenvalue weighted by Crippen LogP contribution is -2.06. The van der Waals surface area contributed by atoms with Gasteiger partial charge in [0, 0.05) is 17.1 Å². The second-order valence-electron chi connectivity index (χ2n) is 6.20. The molecule has 1 heterocycles. The molecule has 0 saturated carbocycles. The number of pyridine rings is 1. The van der Waals surface area contributed by atoms with Crippen LogP contribution in [0.4, 0.5) is 0 Å². The molecule has 118 valence electrons. The summed E-state index contributed by atoms with van der Waals surface area (Å²) in [4.78, 5) is 4.50. The van der Waals surface area contributed by atoms with Crippen molar-refractivity contribution in [1.82, 2.24) is 4.98 Å². The quantitative estimate of drug-likeness (QED) is 0.474. The van der Waals surface area contributed by atoms with Gasteiger partial charge in [0.15, 0.2) is 0 Å². The van der Waals surface area contributed by atoms with Crippen molar-refractivity contribution in [2.45, 2.75) is 20.0 Å². The van der Waals surface area contributed by atoms with Crippen molar-refractivity contribution in [2.24, 2.45) is 0 Å². The highest BCUT2D eigenvalue weighted by atomic mass is 16.5. The molecule has 0 spiro atoms. The van der Waals surface area contributed by atoms with E-state index in [2.05, 4.69) is 73.4 Å². The van der Waals surface area contributed by atoms with Gasteiger partial charge in [-0.15, -0.1) is 0 Å². The normalized spacial score (nSPS) is 11.3. The summed E-state index contributed by atoms with van der Waals surface area (Å²) in [5.74, 6) is 0.917. The van der Waals surface area contributed by atoms with Gasteiger partial charge in [-0.1, -0.05) is 48.5 Å². The molecule has 0 amide bonds. The second-order valence-corrected chi connectivity index (χ2v) is 6.20. The number of ether oxygens (including phenoxy) is 1. The van der Waals surface area contributed by atoms with E-state index in [1.54, 1.807) is 0 Å². The van der Waals surface area contributed by atoms with E-state index in [0.717, 1.165) is 27.8 Å². The third-order valence-electron chi connectivity index (χ3n) is 4.17. The Labute approximate surface area is 141 Å². The smallest absolute Gasteiger partial charge is 0.128 e. The molecule has 0 fully saturated rings. The van der Waals surface area contributed by atoms with Crippen molar-refractivity contribution in [1.29, 1.82) is 0 Å². The maximum atomic E-state index is 6.14. The van der Waals surface area contributed by atoms with Crippen LogP contribution in [0.3, 0.4) is 0 Å². The fourth-order valence-electron chi connectivity index (χ4n) is 3.20. The van der Waals surface area contributed by atoms with Crippen LogP contribution in [0.1, 0.15) is 13.8 Å². The Bertz CT molecular complexity index is 1020. The maximum Gasteiger partial charge on any atom is 0.128 e. The van der Waals surface area contributed by atoms with Gasteiger partial charge in [0.25, 0.3) is 0 Å². The summed E-state index contributed by atoms with van der Waals surface area (Å²) >= 11 is 0. The Morgan fingerprint density at radius 3 is 2.38 bits per heavy atom. The molecule has 0 aliphatic carbocycles. The van der Waals surface area contributed by atoms with Crippen molar-refractivity contribution in [2.75, 3.05) is 0 Å². The van der Waals surface area contributed by atoms with Crippen molar-refractivity contribution in [3.63, 3.8) is 0 Å². The van der Waals surface area contributed by atoms with Crippen LogP contribution in [0.15, 0.2) is 72.9 Å². The molecule has 4 rings (SSSR count). The van der Waals surface area contributed by atoms with Crippen molar-refractivity contribution in [3.05, 3.63) is 72.9 Å². The zero-order chi connectivity index (χ0) is 16.5. The van der Waals surface area contributed by atoms with E-state index < -0.39 is 0 Å². The van der Waals surface area contributed by atoms with Crippen molar-refractivity contribution in [3.8, 4) is 16.9 Å². The van der Waals surface area contributed by atoms with E-state index in [9.17, 15) is 0 Å². The highest BCUT2D eigenvalue weighted by Gasteiger charge is 2.15. The van der Waals surface area contributed by atoms with E-state index >= 15 is 0 Å².